The fourth-order valence-corrected chi connectivity index (χ4v) is 3.89. The summed E-state index contributed by atoms with van der Waals surface area (Å²) in [6, 6.07) is 19.6. The summed E-state index contributed by atoms with van der Waals surface area (Å²) in [7, 11) is 0. The zero-order valence-corrected chi connectivity index (χ0v) is 18.5. The summed E-state index contributed by atoms with van der Waals surface area (Å²) in [4.78, 5) is 28.1. The number of anilines is 1. The lowest BCUT2D eigenvalue weighted by Crippen LogP contribution is -2.23. The second-order valence-electron chi connectivity index (χ2n) is 7.86. The van der Waals surface area contributed by atoms with Gasteiger partial charge in [-0.1, -0.05) is 48.5 Å². The molecule has 166 valence electrons. The van der Waals surface area contributed by atoms with Gasteiger partial charge in [-0.25, -0.2) is 0 Å². The summed E-state index contributed by atoms with van der Waals surface area (Å²) in [6.45, 7) is 3.84. The van der Waals surface area contributed by atoms with E-state index in [0.29, 0.717) is 17.9 Å². The fourth-order valence-electron chi connectivity index (χ4n) is 3.89. The van der Waals surface area contributed by atoms with Crippen LogP contribution in [-0.4, -0.2) is 28.0 Å². The molecular formula is C26H24N4O3. The number of fused-ring (bicyclic) bond motifs is 1. The van der Waals surface area contributed by atoms with E-state index in [2.05, 4.69) is 16.4 Å². The molecule has 7 heteroatoms. The zero-order valence-electron chi connectivity index (χ0n) is 18.5. The molecule has 2 N–H and O–H groups in total. The molecule has 33 heavy (non-hydrogen) atoms. The Kier molecular flexibility index (Phi) is 6.27. The molecule has 4 aromatic rings. The number of carbonyl (C=O) groups is 2. The molecule has 0 aliphatic carbocycles. The summed E-state index contributed by atoms with van der Waals surface area (Å²) < 4.78 is 7.11. The van der Waals surface area contributed by atoms with Crippen LogP contribution in [0.2, 0.25) is 0 Å². The quantitative estimate of drug-likeness (QED) is 0.420. The number of nitriles is 1. The predicted octanol–water partition coefficient (Wildman–Crippen LogP) is 4.23. The Hall–Kier alpha value is -4.31. The fraction of sp³-hybridized carbons (Fsp3) is 0.192. The van der Waals surface area contributed by atoms with Crippen molar-refractivity contribution in [1.29, 1.82) is 5.26 Å². The third-order valence-corrected chi connectivity index (χ3v) is 5.76. The average Bonchev–Trinajstić information content (AvgIpc) is 3.32. The largest absolute Gasteiger partial charge is 0.455 e. The van der Waals surface area contributed by atoms with Gasteiger partial charge in [-0.05, 0) is 36.6 Å². The number of nitrogens with one attached hydrogen (secondary N) is 2. The van der Waals surface area contributed by atoms with Crippen LogP contribution in [0.25, 0.3) is 10.9 Å². The minimum Gasteiger partial charge on any atom is -0.455 e. The lowest BCUT2D eigenvalue weighted by Gasteiger charge is -2.13. The van der Waals surface area contributed by atoms with E-state index in [4.69, 9.17) is 4.74 Å². The number of aromatic amines is 1. The van der Waals surface area contributed by atoms with Gasteiger partial charge in [0.05, 0.1) is 12.0 Å². The van der Waals surface area contributed by atoms with Crippen molar-refractivity contribution in [2.45, 2.75) is 26.8 Å². The molecule has 7 nitrogen and oxygen atoms in total. The highest BCUT2D eigenvalue weighted by molar-refractivity contribution is 5.94. The standard InChI is InChI=1S/C26H24N4O3/c1-17-18(2)30(15-19-8-4-3-5-9-19)26(22(17)13-27)29-24(31)16-33-25(32)12-20-14-28-23-11-7-6-10-21(20)23/h3-11,14,28H,12,15-16H2,1-2H3,(H,29,31). The van der Waals surface area contributed by atoms with Crippen molar-refractivity contribution in [2.24, 2.45) is 0 Å². The van der Waals surface area contributed by atoms with Crippen LogP contribution < -0.4 is 5.32 Å². The molecule has 2 heterocycles. The highest BCUT2D eigenvalue weighted by atomic mass is 16.5. The molecule has 0 aliphatic rings. The first-order valence-electron chi connectivity index (χ1n) is 10.6. The number of ether oxygens (including phenoxy) is 1. The Morgan fingerprint density at radius 1 is 1.09 bits per heavy atom. The van der Waals surface area contributed by atoms with E-state index in [1.165, 1.54) is 0 Å². The first-order chi connectivity index (χ1) is 16.0. The lowest BCUT2D eigenvalue weighted by molar-refractivity contribution is -0.146. The molecule has 2 aromatic heterocycles. The van der Waals surface area contributed by atoms with E-state index in [1.54, 1.807) is 6.20 Å². The molecule has 0 saturated heterocycles. The number of benzene rings is 2. The van der Waals surface area contributed by atoms with Gasteiger partial charge >= 0.3 is 5.97 Å². The molecule has 0 bridgehead atoms. The Morgan fingerprint density at radius 3 is 2.58 bits per heavy atom. The molecule has 0 saturated carbocycles. The number of aromatic nitrogens is 2. The number of H-pyrrole nitrogens is 1. The first kappa shape index (κ1) is 21.9. The molecular weight excluding hydrogens is 416 g/mol. The van der Waals surface area contributed by atoms with Crippen molar-refractivity contribution < 1.29 is 14.3 Å². The molecule has 0 aliphatic heterocycles. The third-order valence-electron chi connectivity index (χ3n) is 5.76. The highest BCUT2D eigenvalue weighted by Crippen LogP contribution is 2.27. The van der Waals surface area contributed by atoms with Crippen molar-refractivity contribution in [3.63, 3.8) is 0 Å². The monoisotopic (exact) mass is 440 g/mol. The van der Waals surface area contributed by atoms with E-state index in [9.17, 15) is 14.9 Å². The van der Waals surface area contributed by atoms with Crippen LogP contribution >= 0.6 is 0 Å². The summed E-state index contributed by atoms with van der Waals surface area (Å²) in [5.41, 5.74) is 4.89. The number of hydrogen-bond acceptors (Lipinski definition) is 4. The van der Waals surface area contributed by atoms with Crippen molar-refractivity contribution in [3.8, 4) is 6.07 Å². The van der Waals surface area contributed by atoms with E-state index in [0.717, 1.165) is 33.3 Å². The van der Waals surface area contributed by atoms with Crippen LogP contribution in [-0.2, 0) is 27.3 Å². The van der Waals surface area contributed by atoms with Gasteiger partial charge in [-0.3, -0.25) is 9.59 Å². The molecule has 0 spiro atoms. The van der Waals surface area contributed by atoms with Crippen LogP contribution in [0.5, 0.6) is 0 Å². The van der Waals surface area contributed by atoms with E-state index < -0.39 is 18.5 Å². The highest BCUT2D eigenvalue weighted by Gasteiger charge is 2.20. The molecule has 0 radical (unpaired) electrons. The molecule has 4 rings (SSSR count). The van der Waals surface area contributed by atoms with Crippen LogP contribution in [0.15, 0.2) is 60.8 Å². The smallest absolute Gasteiger partial charge is 0.310 e. The van der Waals surface area contributed by atoms with E-state index >= 15 is 0 Å². The van der Waals surface area contributed by atoms with Gasteiger partial charge in [0, 0.05) is 29.3 Å². The Balaban J connectivity index is 1.44. The second-order valence-corrected chi connectivity index (χ2v) is 7.86. The number of rotatable bonds is 7. The SMILES string of the molecule is Cc1c(C#N)c(NC(=O)COC(=O)Cc2c[nH]c3ccccc23)n(Cc2ccccc2)c1C. The van der Waals surface area contributed by atoms with Gasteiger partial charge in [0.2, 0.25) is 0 Å². The number of carbonyl (C=O) groups excluding carboxylic acids is 2. The van der Waals surface area contributed by atoms with Crippen LogP contribution in [0.1, 0.15) is 27.9 Å². The minimum atomic E-state index is -0.498. The van der Waals surface area contributed by atoms with Crippen LogP contribution in [0.4, 0.5) is 5.82 Å². The summed E-state index contributed by atoms with van der Waals surface area (Å²) in [5.74, 6) is -0.581. The van der Waals surface area contributed by atoms with E-state index in [-0.39, 0.29) is 6.42 Å². The summed E-state index contributed by atoms with van der Waals surface area (Å²) in [6.07, 6.45) is 1.83. The molecule has 0 unspecified atom stereocenters. The molecule has 0 fully saturated rings. The van der Waals surface area contributed by atoms with Gasteiger partial charge in [-0.2, -0.15) is 5.26 Å². The molecule has 0 atom stereocenters. The topological polar surface area (TPSA) is 99.9 Å². The first-order valence-corrected chi connectivity index (χ1v) is 10.6. The Labute approximate surface area is 191 Å². The van der Waals surface area contributed by atoms with Crippen molar-refractivity contribution in [1.82, 2.24) is 9.55 Å². The molecule has 2 aromatic carbocycles. The minimum absolute atomic E-state index is 0.0589. The van der Waals surface area contributed by atoms with Crippen molar-refractivity contribution >= 4 is 28.6 Å². The second kappa shape index (κ2) is 9.45. The number of nitrogens with zero attached hydrogens (tertiary/aromatic N) is 2. The average molecular weight is 441 g/mol. The lowest BCUT2D eigenvalue weighted by atomic mass is 10.1. The number of amides is 1. The maximum absolute atomic E-state index is 12.6. The predicted molar refractivity (Wildman–Crippen MR) is 126 cm³/mol. The van der Waals surface area contributed by atoms with Gasteiger partial charge in [0.15, 0.2) is 6.61 Å². The van der Waals surface area contributed by atoms with Gasteiger partial charge < -0.3 is 19.6 Å². The van der Waals surface area contributed by atoms with Gasteiger partial charge in [0.25, 0.3) is 5.91 Å². The third kappa shape index (κ3) is 4.65. The number of para-hydroxylation sites is 1. The Morgan fingerprint density at radius 2 is 1.82 bits per heavy atom. The normalized spacial score (nSPS) is 10.7. The van der Waals surface area contributed by atoms with Crippen LogP contribution in [0.3, 0.4) is 0 Å². The van der Waals surface area contributed by atoms with E-state index in [1.807, 2.05) is 73.0 Å². The summed E-state index contributed by atoms with van der Waals surface area (Å²) >= 11 is 0. The Bertz CT molecular complexity index is 1360. The summed E-state index contributed by atoms with van der Waals surface area (Å²) in [5, 5.41) is 13.4. The van der Waals surface area contributed by atoms with Crippen molar-refractivity contribution in [3.05, 3.63) is 88.7 Å². The number of esters is 1. The van der Waals surface area contributed by atoms with Gasteiger partial charge in [-0.15, -0.1) is 0 Å². The number of hydrogen-bond donors (Lipinski definition) is 2. The molecule has 1 amide bonds. The van der Waals surface area contributed by atoms with Crippen molar-refractivity contribution in [2.75, 3.05) is 11.9 Å². The van der Waals surface area contributed by atoms with Gasteiger partial charge in [0.1, 0.15) is 11.9 Å². The van der Waals surface area contributed by atoms with Crippen LogP contribution in [0, 0.1) is 25.2 Å². The maximum Gasteiger partial charge on any atom is 0.310 e. The maximum atomic E-state index is 12.6. The zero-order chi connectivity index (χ0) is 23.4.